The molecule has 0 radical (unpaired) electrons. The molecule has 3 aromatic carbocycles. The van der Waals surface area contributed by atoms with Crippen molar-refractivity contribution in [2.24, 2.45) is 0 Å². The maximum atomic E-state index is 13.9. The largest absolute Gasteiger partial charge is 0.497 e. The third-order valence-corrected chi connectivity index (χ3v) is 7.66. The summed E-state index contributed by atoms with van der Waals surface area (Å²) < 4.78 is 39.6. The molecule has 1 aliphatic rings. The highest BCUT2D eigenvalue weighted by atomic mass is 32.2. The SMILES string of the molecule is COc1ccc(OC)c(S(=O)(=O)N2Cc3ccccc3C[C@@H]2C(=O)Nc2ccc(C)cc2)c1. The summed E-state index contributed by atoms with van der Waals surface area (Å²) in [5.41, 5.74) is 3.49. The number of amides is 1. The second-order valence-electron chi connectivity index (χ2n) is 7.91. The van der Waals surface area contributed by atoms with E-state index in [1.54, 1.807) is 24.3 Å². The van der Waals surface area contributed by atoms with E-state index in [0.29, 0.717) is 11.4 Å². The van der Waals surface area contributed by atoms with E-state index in [0.717, 1.165) is 16.7 Å². The molecule has 0 aromatic heterocycles. The average Bonchev–Trinajstić information content (AvgIpc) is 2.84. The molecule has 0 saturated heterocycles. The minimum absolute atomic E-state index is 0.0446. The molecule has 8 heteroatoms. The maximum Gasteiger partial charge on any atom is 0.247 e. The number of benzene rings is 3. The summed E-state index contributed by atoms with van der Waals surface area (Å²) in [5.74, 6) is 0.179. The van der Waals surface area contributed by atoms with Crippen molar-refractivity contribution in [1.29, 1.82) is 0 Å². The van der Waals surface area contributed by atoms with Crippen LogP contribution >= 0.6 is 0 Å². The lowest BCUT2D eigenvalue weighted by Gasteiger charge is -2.35. The Bertz CT molecular complexity index is 1270. The number of rotatable bonds is 6. The lowest BCUT2D eigenvalue weighted by atomic mass is 9.95. The number of sulfonamides is 1. The molecule has 1 aliphatic heterocycles. The number of ether oxygens (including phenoxy) is 2. The molecule has 7 nitrogen and oxygen atoms in total. The van der Waals surface area contributed by atoms with E-state index in [1.807, 2.05) is 43.3 Å². The van der Waals surface area contributed by atoms with Gasteiger partial charge in [-0.3, -0.25) is 4.79 Å². The van der Waals surface area contributed by atoms with Crippen LogP contribution in [0.3, 0.4) is 0 Å². The standard InChI is InChI=1S/C25H26N2O5S/c1-17-8-10-20(11-9-17)26-25(28)22-14-18-6-4-5-7-19(18)16-27(22)33(29,30)24-15-21(31-2)12-13-23(24)32-3/h4-13,15,22H,14,16H2,1-3H3,(H,26,28)/t22-/m1/s1. The summed E-state index contributed by atoms with van der Waals surface area (Å²) in [7, 11) is -1.23. The van der Waals surface area contributed by atoms with Crippen LogP contribution in [0.1, 0.15) is 16.7 Å². The topological polar surface area (TPSA) is 84.9 Å². The molecule has 33 heavy (non-hydrogen) atoms. The molecule has 1 amide bonds. The zero-order valence-electron chi connectivity index (χ0n) is 18.7. The zero-order chi connectivity index (χ0) is 23.6. The van der Waals surface area contributed by atoms with Gasteiger partial charge in [-0.2, -0.15) is 4.31 Å². The van der Waals surface area contributed by atoms with Crippen molar-refractivity contribution in [1.82, 2.24) is 4.31 Å². The van der Waals surface area contributed by atoms with E-state index >= 15 is 0 Å². The second-order valence-corrected chi connectivity index (χ2v) is 9.77. The summed E-state index contributed by atoms with van der Waals surface area (Å²) in [6.07, 6.45) is 0.263. The molecule has 0 bridgehead atoms. The summed E-state index contributed by atoms with van der Waals surface area (Å²) >= 11 is 0. The molecule has 0 unspecified atom stereocenters. The lowest BCUT2D eigenvalue weighted by molar-refractivity contribution is -0.120. The van der Waals surface area contributed by atoms with E-state index in [1.165, 1.54) is 24.6 Å². The highest BCUT2D eigenvalue weighted by molar-refractivity contribution is 7.89. The van der Waals surface area contributed by atoms with Crippen molar-refractivity contribution < 1.29 is 22.7 Å². The molecule has 0 fully saturated rings. The number of nitrogens with zero attached hydrogens (tertiary/aromatic N) is 1. The molecule has 0 saturated carbocycles. The predicted octanol–water partition coefficient (Wildman–Crippen LogP) is 3.77. The minimum Gasteiger partial charge on any atom is -0.497 e. The highest BCUT2D eigenvalue weighted by Crippen LogP contribution is 2.35. The Morgan fingerprint density at radius 1 is 0.970 bits per heavy atom. The Labute approximate surface area is 194 Å². The first kappa shape index (κ1) is 22.8. The zero-order valence-corrected chi connectivity index (χ0v) is 19.6. The van der Waals surface area contributed by atoms with Crippen molar-refractivity contribution in [2.45, 2.75) is 30.8 Å². The molecule has 1 N–H and O–H groups in total. The van der Waals surface area contributed by atoms with Crippen molar-refractivity contribution in [3.05, 3.63) is 83.4 Å². The van der Waals surface area contributed by atoms with E-state index < -0.39 is 22.0 Å². The van der Waals surface area contributed by atoms with Gasteiger partial charge in [-0.15, -0.1) is 0 Å². The van der Waals surface area contributed by atoms with Crippen LogP contribution in [0.25, 0.3) is 0 Å². The minimum atomic E-state index is -4.11. The Balaban J connectivity index is 1.76. The van der Waals surface area contributed by atoms with Gasteiger partial charge in [0.25, 0.3) is 0 Å². The van der Waals surface area contributed by atoms with Crippen LogP contribution in [0.5, 0.6) is 11.5 Å². The molecule has 1 heterocycles. The molecule has 0 aliphatic carbocycles. The normalized spacial score (nSPS) is 16.0. The number of aryl methyl sites for hydroxylation is 1. The van der Waals surface area contributed by atoms with Crippen molar-refractivity contribution >= 4 is 21.6 Å². The second kappa shape index (κ2) is 9.25. The maximum absolute atomic E-state index is 13.9. The number of hydrogen-bond donors (Lipinski definition) is 1. The molecule has 172 valence electrons. The average molecular weight is 467 g/mol. The number of methoxy groups -OCH3 is 2. The van der Waals surface area contributed by atoms with Gasteiger partial charge in [-0.1, -0.05) is 42.0 Å². The number of nitrogens with one attached hydrogen (secondary N) is 1. The summed E-state index contributed by atoms with van der Waals surface area (Å²) in [4.78, 5) is 13.3. The number of carbonyl (C=O) groups is 1. The Morgan fingerprint density at radius 3 is 2.33 bits per heavy atom. The Hall–Kier alpha value is -3.36. The monoisotopic (exact) mass is 466 g/mol. The van der Waals surface area contributed by atoms with Crippen LogP contribution in [-0.2, 0) is 27.8 Å². The van der Waals surface area contributed by atoms with Gasteiger partial charge in [0.15, 0.2) is 0 Å². The van der Waals surface area contributed by atoms with Crippen LogP contribution in [-0.4, -0.2) is 38.9 Å². The third-order valence-electron chi connectivity index (χ3n) is 5.78. The van der Waals surface area contributed by atoms with Gasteiger partial charge in [-0.25, -0.2) is 8.42 Å². The van der Waals surface area contributed by atoms with E-state index in [2.05, 4.69) is 5.32 Å². The van der Waals surface area contributed by atoms with Crippen LogP contribution < -0.4 is 14.8 Å². The van der Waals surface area contributed by atoms with Gasteiger partial charge in [0.2, 0.25) is 15.9 Å². The number of fused-ring (bicyclic) bond motifs is 1. The van der Waals surface area contributed by atoms with Gasteiger partial charge >= 0.3 is 0 Å². The third kappa shape index (κ3) is 4.58. The fraction of sp³-hybridized carbons (Fsp3) is 0.240. The summed E-state index contributed by atoms with van der Waals surface area (Å²) in [6.45, 7) is 2.03. The van der Waals surface area contributed by atoms with Gasteiger partial charge in [-0.05, 0) is 48.7 Å². The number of hydrogen-bond acceptors (Lipinski definition) is 5. The predicted molar refractivity (Wildman–Crippen MR) is 126 cm³/mol. The smallest absolute Gasteiger partial charge is 0.247 e. The van der Waals surface area contributed by atoms with Crippen LogP contribution in [0.15, 0.2) is 71.6 Å². The van der Waals surface area contributed by atoms with Gasteiger partial charge in [0.1, 0.15) is 22.4 Å². The quantitative estimate of drug-likeness (QED) is 0.598. The van der Waals surface area contributed by atoms with E-state index in [9.17, 15) is 13.2 Å². The molecular weight excluding hydrogens is 440 g/mol. The number of anilines is 1. The summed E-state index contributed by atoms with van der Waals surface area (Å²) in [5, 5.41) is 2.87. The van der Waals surface area contributed by atoms with Crippen molar-refractivity contribution in [3.63, 3.8) is 0 Å². The molecule has 1 atom stereocenters. The fourth-order valence-electron chi connectivity index (χ4n) is 3.95. The van der Waals surface area contributed by atoms with Crippen LogP contribution in [0.2, 0.25) is 0 Å². The van der Waals surface area contributed by atoms with Gasteiger partial charge in [0.05, 0.1) is 14.2 Å². The first-order chi connectivity index (χ1) is 15.8. The summed E-state index contributed by atoms with van der Waals surface area (Å²) in [6, 6.07) is 18.6. The van der Waals surface area contributed by atoms with Crippen molar-refractivity contribution in [2.75, 3.05) is 19.5 Å². The molecular formula is C25H26N2O5S. The number of carbonyl (C=O) groups excluding carboxylic acids is 1. The first-order valence-electron chi connectivity index (χ1n) is 10.5. The van der Waals surface area contributed by atoms with Gasteiger partial charge < -0.3 is 14.8 Å². The lowest BCUT2D eigenvalue weighted by Crippen LogP contribution is -2.50. The van der Waals surface area contributed by atoms with Crippen molar-refractivity contribution in [3.8, 4) is 11.5 Å². The fourth-order valence-corrected chi connectivity index (χ4v) is 5.69. The molecule has 3 aromatic rings. The Kier molecular flexibility index (Phi) is 6.40. The van der Waals surface area contributed by atoms with E-state index in [4.69, 9.17) is 9.47 Å². The van der Waals surface area contributed by atoms with Gasteiger partial charge in [0, 0.05) is 18.3 Å². The first-order valence-corrected chi connectivity index (χ1v) is 12.0. The van der Waals surface area contributed by atoms with Crippen LogP contribution in [0.4, 0.5) is 5.69 Å². The van der Waals surface area contributed by atoms with Crippen LogP contribution in [0, 0.1) is 6.92 Å². The Morgan fingerprint density at radius 2 is 1.67 bits per heavy atom. The molecule has 4 rings (SSSR count). The van der Waals surface area contributed by atoms with E-state index in [-0.39, 0.29) is 23.6 Å². The highest BCUT2D eigenvalue weighted by Gasteiger charge is 2.41. The molecule has 0 spiro atoms.